The summed E-state index contributed by atoms with van der Waals surface area (Å²) in [6.45, 7) is 4.43. The van der Waals surface area contributed by atoms with Crippen molar-refractivity contribution in [1.82, 2.24) is 4.90 Å². The van der Waals surface area contributed by atoms with Crippen molar-refractivity contribution in [2.24, 2.45) is 0 Å². The second-order valence-electron chi connectivity index (χ2n) is 8.20. The summed E-state index contributed by atoms with van der Waals surface area (Å²) < 4.78 is 11.7. The predicted octanol–water partition coefficient (Wildman–Crippen LogP) is 6.55. The van der Waals surface area contributed by atoms with E-state index in [0.29, 0.717) is 33.4 Å². The van der Waals surface area contributed by atoms with Gasteiger partial charge in [0.05, 0.1) is 23.6 Å². The van der Waals surface area contributed by atoms with E-state index >= 15 is 0 Å². The van der Waals surface area contributed by atoms with Gasteiger partial charge in [0.1, 0.15) is 11.3 Å². The number of halogens is 2. The van der Waals surface area contributed by atoms with E-state index in [1.54, 1.807) is 23.1 Å². The van der Waals surface area contributed by atoms with Crippen LogP contribution in [0.3, 0.4) is 0 Å². The molecule has 0 saturated carbocycles. The molecule has 0 fully saturated rings. The van der Waals surface area contributed by atoms with Crippen LogP contribution in [0.4, 0.5) is 0 Å². The largest absolute Gasteiger partial charge is 0.494 e. The van der Waals surface area contributed by atoms with Crippen LogP contribution in [0.1, 0.15) is 45.8 Å². The highest BCUT2D eigenvalue weighted by Crippen LogP contribution is 2.41. The molecule has 5 rings (SSSR count). The van der Waals surface area contributed by atoms with Gasteiger partial charge in [-0.25, -0.2) is 0 Å². The molecule has 2 heterocycles. The summed E-state index contributed by atoms with van der Waals surface area (Å²) in [5.74, 6) is 0.328. The number of ether oxygens (including phenoxy) is 1. The van der Waals surface area contributed by atoms with Crippen LogP contribution in [0, 0.1) is 6.92 Å². The zero-order chi connectivity index (χ0) is 24.0. The summed E-state index contributed by atoms with van der Waals surface area (Å²) in [5, 5.41) is 1.35. The zero-order valence-corrected chi connectivity index (χ0v) is 20.1. The molecular weight excluding hydrogens is 473 g/mol. The van der Waals surface area contributed by atoms with Gasteiger partial charge >= 0.3 is 0 Å². The molecule has 0 saturated heterocycles. The molecule has 1 aromatic heterocycles. The number of fused-ring (bicyclic) bond motifs is 2. The zero-order valence-electron chi connectivity index (χ0n) is 18.6. The van der Waals surface area contributed by atoms with E-state index in [-0.39, 0.29) is 29.2 Å². The Morgan fingerprint density at radius 2 is 1.79 bits per heavy atom. The van der Waals surface area contributed by atoms with Gasteiger partial charge in [-0.2, -0.15) is 0 Å². The van der Waals surface area contributed by atoms with Gasteiger partial charge in [-0.1, -0.05) is 53.5 Å². The Bertz CT molecular complexity index is 1490. The Hall–Kier alpha value is -3.28. The standard InChI is InChI=1S/C27H21Cl2NO4/c1-3-33-18-9-6-8-16(12-18)24-23-25(31)19-13-21(29)15(2)11-22(19)34-26(23)27(32)30(24)14-17-7-4-5-10-20(17)28/h4-13,24H,3,14H2,1-2H3. The minimum atomic E-state index is -0.667. The van der Waals surface area contributed by atoms with Gasteiger partial charge in [0.25, 0.3) is 5.91 Å². The first-order valence-corrected chi connectivity index (χ1v) is 11.7. The number of aryl methyl sites for hydroxylation is 1. The average Bonchev–Trinajstić information content (AvgIpc) is 3.09. The Balaban J connectivity index is 1.74. The number of rotatable bonds is 5. The monoisotopic (exact) mass is 493 g/mol. The van der Waals surface area contributed by atoms with Gasteiger partial charge in [0.15, 0.2) is 5.43 Å². The Morgan fingerprint density at radius 3 is 2.56 bits per heavy atom. The van der Waals surface area contributed by atoms with Crippen molar-refractivity contribution in [3.8, 4) is 5.75 Å². The SMILES string of the molecule is CCOc1cccc(C2c3c(oc4cc(C)c(Cl)cc4c3=O)C(=O)N2Cc2ccccc2Cl)c1. The summed E-state index contributed by atoms with van der Waals surface area (Å²) in [5.41, 5.74) is 2.62. The molecule has 7 heteroatoms. The van der Waals surface area contributed by atoms with E-state index in [9.17, 15) is 9.59 Å². The summed E-state index contributed by atoms with van der Waals surface area (Å²) >= 11 is 12.7. The summed E-state index contributed by atoms with van der Waals surface area (Å²) in [7, 11) is 0. The van der Waals surface area contributed by atoms with E-state index in [4.69, 9.17) is 32.4 Å². The van der Waals surface area contributed by atoms with E-state index < -0.39 is 6.04 Å². The van der Waals surface area contributed by atoms with Crippen molar-refractivity contribution in [1.29, 1.82) is 0 Å². The van der Waals surface area contributed by atoms with E-state index in [1.165, 1.54) is 0 Å². The molecule has 0 spiro atoms. The number of nitrogens with zero attached hydrogens (tertiary/aromatic N) is 1. The molecule has 4 aromatic rings. The fourth-order valence-electron chi connectivity index (χ4n) is 4.40. The summed E-state index contributed by atoms with van der Waals surface area (Å²) in [6, 6.07) is 17.4. The Kier molecular flexibility index (Phi) is 5.84. The molecule has 34 heavy (non-hydrogen) atoms. The topological polar surface area (TPSA) is 59.8 Å². The molecule has 0 bridgehead atoms. The highest BCUT2D eigenvalue weighted by atomic mass is 35.5. The van der Waals surface area contributed by atoms with Crippen molar-refractivity contribution in [3.05, 3.63) is 109 Å². The molecule has 1 aliphatic heterocycles. The summed E-state index contributed by atoms with van der Waals surface area (Å²) in [4.78, 5) is 29.0. The number of carbonyl (C=O) groups excluding carboxylic acids is 1. The van der Waals surface area contributed by atoms with Crippen LogP contribution in [0.15, 0.2) is 69.9 Å². The molecule has 0 N–H and O–H groups in total. The lowest BCUT2D eigenvalue weighted by molar-refractivity contribution is 0.0714. The first-order valence-electron chi connectivity index (χ1n) is 10.9. The molecule has 5 nitrogen and oxygen atoms in total. The van der Waals surface area contributed by atoms with Crippen molar-refractivity contribution in [2.45, 2.75) is 26.4 Å². The van der Waals surface area contributed by atoms with Crippen molar-refractivity contribution < 1.29 is 13.9 Å². The third-order valence-corrected chi connectivity index (χ3v) is 6.81. The lowest BCUT2D eigenvalue weighted by atomic mass is 9.97. The number of carbonyl (C=O) groups is 1. The van der Waals surface area contributed by atoms with E-state index in [2.05, 4.69) is 0 Å². The molecule has 3 aromatic carbocycles. The minimum Gasteiger partial charge on any atom is -0.494 e. The van der Waals surface area contributed by atoms with Crippen molar-refractivity contribution in [3.63, 3.8) is 0 Å². The van der Waals surface area contributed by atoms with Gasteiger partial charge < -0.3 is 14.1 Å². The Morgan fingerprint density at radius 1 is 1.00 bits per heavy atom. The normalized spacial score (nSPS) is 15.1. The average molecular weight is 494 g/mol. The second-order valence-corrected chi connectivity index (χ2v) is 9.02. The number of benzene rings is 3. The van der Waals surface area contributed by atoms with Crippen LogP contribution in [-0.2, 0) is 6.54 Å². The quantitative estimate of drug-likeness (QED) is 0.316. The maximum Gasteiger partial charge on any atom is 0.291 e. The number of hydrogen-bond donors (Lipinski definition) is 0. The molecular formula is C27H21Cl2NO4. The van der Waals surface area contributed by atoms with E-state index in [0.717, 1.165) is 16.7 Å². The predicted molar refractivity (Wildman–Crippen MR) is 133 cm³/mol. The molecule has 0 radical (unpaired) electrons. The number of hydrogen-bond acceptors (Lipinski definition) is 4. The van der Waals surface area contributed by atoms with Gasteiger partial charge in [-0.05, 0) is 60.9 Å². The molecule has 1 unspecified atom stereocenters. The lowest BCUT2D eigenvalue weighted by Crippen LogP contribution is -2.29. The maximum atomic E-state index is 13.7. The third-order valence-electron chi connectivity index (χ3n) is 6.03. The van der Waals surface area contributed by atoms with Crippen LogP contribution < -0.4 is 10.2 Å². The van der Waals surface area contributed by atoms with Crippen LogP contribution in [0.5, 0.6) is 5.75 Å². The van der Waals surface area contributed by atoms with Crippen LogP contribution in [-0.4, -0.2) is 17.4 Å². The number of amides is 1. The minimum absolute atomic E-state index is 0.0399. The van der Waals surface area contributed by atoms with Crippen molar-refractivity contribution in [2.75, 3.05) is 6.61 Å². The van der Waals surface area contributed by atoms with Crippen LogP contribution in [0.25, 0.3) is 11.0 Å². The smallest absolute Gasteiger partial charge is 0.291 e. The summed E-state index contributed by atoms with van der Waals surface area (Å²) in [6.07, 6.45) is 0. The Labute approximate surface area is 206 Å². The second kappa shape index (κ2) is 8.82. The maximum absolute atomic E-state index is 13.7. The van der Waals surface area contributed by atoms with Crippen molar-refractivity contribution >= 4 is 40.1 Å². The van der Waals surface area contributed by atoms with Crippen LogP contribution in [0.2, 0.25) is 10.0 Å². The van der Waals surface area contributed by atoms with Gasteiger partial charge in [0, 0.05) is 16.6 Å². The molecule has 0 aliphatic carbocycles. The molecule has 1 atom stereocenters. The highest BCUT2D eigenvalue weighted by Gasteiger charge is 2.43. The fraction of sp³-hybridized carbons (Fsp3) is 0.185. The lowest BCUT2D eigenvalue weighted by Gasteiger charge is -2.26. The molecule has 1 aliphatic rings. The van der Waals surface area contributed by atoms with E-state index in [1.807, 2.05) is 56.3 Å². The van der Waals surface area contributed by atoms with Gasteiger partial charge in [-0.15, -0.1) is 0 Å². The fourth-order valence-corrected chi connectivity index (χ4v) is 4.76. The van der Waals surface area contributed by atoms with Gasteiger partial charge in [0.2, 0.25) is 5.76 Å². The highest BCUT2D eigenvalue weighted by molar-refractivity contribution is 6.32. The molecule has 1 amide bonds. The van der Waals surface area contributed by atoms with Crippen LogP contribution >= 0.6 is 23.2 Å². The molecule has 172 valence electrons. The first-order chi connectivity index (χ1) is 16.4. The first kappa shape index (κ1) is 22.5. The third kappa shape index (κ3) is 3.75. The van der Waals surface area contributed by atoms with Gasteiger partial charge in [-0.3, -0.25) is 9.59 Å².